The molecule has 1 aromatic heterocycles. The molecule has 1 aromatic carbocycles. The SMILES string of the molecule is O=C(NCCCCO)Nc1csnc1-c1ccccc1. The van der Waals surface area contributed by atoms with Crippen molar-refractivity contribution >= 4 is 23.3 Å². The third kappa shape index (κ3) is 4.04. The van der Waals surface area contributed by atoms with E-state index < -0.39 is 0 Å². The molecule has 0 spiro atoms. The summed E-state index contributed by atoms with van der Waals surface area (Å²) in [7, 11) is 0. The van der Waals surface area contributed by atoms with Crippen LogP contribution in [-0.2, 0) is 0 Å². The van der Waals surface area contributed by atoms with E-state index in [-0.39, 0.29) is 12.6 Å². The number of aliphatic hydroxyl groups is 1. The van der Waals surface area contributed by atoms with Crippen molar-refractivity contribution in [2.45, 2.75) is 12.8 Å². The van der Waals surface area contributed by atoms with Crippen molar-refractivity contribution in [3.05, 3.63) is 35.7 Å². The second kappa shape index (κ2) is 7.62. The van der Waals surface area contributed by atoms with Crippen LogP contribution in [0.3, 0.4) is 0 Å². The van der Waals surface area contributed by atoms with Gasteiger partial charge in [0.1, 0.15) is 5.69 Å². The number of nitrogens with zero attached hydrogens (tertiary/aromatic N) is 1. The topological polar surface area (TPSA) is 74.2 Å². The van der Waals surface area contributed by atoms with E-state index in [1.54, 1.807) is 0 Å². The summed E-state index contributed by atoms with van der Waals surface area (Å²) >= 11 is 1.31. The van der Waals surface area contributed by atoms with Crippen molar-refractivity contribution < 1.29 is 9.90 Å². The fourth-order valence-corrected chi connectivity index (χ4v) is 2.37. The molecule has 0 aliphatic heterocycles. The van der Waals surface area contributed by atoms with E-state index in [4.69, 9.17) is 5.11 Å². The highest BCUT2D eigenvalue weighted by Gasteiger charge is 2.10. The summed E-state index contributed by atoms with van der Waals surface area (Å²) in [5.41, 5.74) is 2.46. The predicted molar refractivity (Wildman–Crippen MR) is 80.9 cm³/mol. The highest BCUT2D eigenvalue weighted by atomic mass is 32.1. The molecule has 0 bridgehead atoms. The number of unbranched alkanes of at least 4 members (excludes halogenated alkanes) is 1. The Labute approximate surface area is 121 Å². The molecule has 3 N–H and O–H groups in total. The van der Waals surface area contributed by atoms with Gasteiger partial charge in [0.25, 0.3) is 0 Å². The van der Waals surface area contributed by atoms with E-state index in [0.717, 1.165) is 17.7 Å². The van der Waals surface area contributed by atoms with Gasteiger partial charge in [0.05, 0.1) is 5.69 Å². The van der Waals surface area contributed by atoms with Crippen LogP contribution >= 0.6 is 11.5 Å². The summed E-state index contributed by atoms with van der Waals surface area (Å²) in [6, 6.07) is 9.48. The van der Waals surface area contributed by atoms with Crippen LogP contribution in [0.4, 0.5) is 10.5 Å². The minimum Gasteiger partial charge on any atom is -0.396 e. The number of anilines is 1. The molecule has 0 fully saturated rings. The van der Waals surface area contributed by atoms with Gasteiger partial charge < -0.3 is 15.7 Å². The molecule has 5 nitrogen and oxygen atoms in total. The number of hydrogen-bond acceptors (Lipinski definition) is 4. The maximum atomic E-state index is 11.7. The molecule has 0 saturated carbocycles. The molecule has 0 aliphatic rings. The normalized spacial score (nSPS) is 10.2. The number of benzene rings is 1. The fourth-order valence-electron chi connectivity index (χ4n) is 1.73. The van der Waals surface area contributed by atoms with Crippen LogP contribution in [0.1, 0.15) is 12.8 Å². The second-order valence-electron chi connectivity index (χ2n) is 4.25. The number of amides is 2. The van der Waals surface area contributed by atoms with Crippen molar-refractivity contribution in [1.29, 1.82) is 0 Å². The molecule has 106 valence electrons. The van der Waals surface area contributed by atoms with Gasteiger partial charge in [-0.3, -0.25) is 0 Å². The van der Waals surface area contributed by atoms with Crippen LogP contribution in [0.25, 0.3) is 11.3 Å². The Balaban J connectivity index is 1.94. The summed E-state index contributed by atoms with van der Waals surface area (Å²) in [6.45, 7) is 0.695. The molecular weight excluding hydrogens is 274 g/mol. The van der Waals surface area contributed by atoms with Crippen LogP contribution in [0.5, 0.6) is 0 Å². The van der Waals surface area contributed by atoms with E-state index in [2.05, 4.69) is 15.0 Å². The zero-order valence-electron chi connectivity index (χ0n) is 11.0. The van der Waals surface area contributed by atoms with Crippen LogP contribution < -0.4 is 10.6 Å². The van der Waals surface area contributed by atoms with Crippen molar-refractivity contribution in [3.8, 4) is 11.3 Å². The van der Waals surface area contributed by atoms with Gasteiger partial charge in [-0.25, -0.2) is 4.79 Å². The first-order valence-corrected chi connectivity index (χ1v) is 7.30. The highest BCUT2D eigenvalue weighted by molar-refractivity contribution is 7.04. The van der Waals surface area contributed by atoms with E-state index in [9.17, 15) is 4.79 Å². The Morgan fingerprint density at radius 1 is 1.25 bits per heavy atom. The Morgan fingerprint density at radius 2 is 2.05 bits per heavy atom. The lowest BCUT2D eigenvalue weighted by atomic mass is 10.1. The fraction of sp³-hybridized carbons (Fsp3) is 0.286. The lowest BCUT2D eigenvalue weighted by molar-refractivity contribution is 0.250. The first kappa shape index (κ1) is 14.5. The molecule has 0 saturated heterocycles. The quantitative estimate of drug-likeness (QED) is 0.716. The smallest absolute Gasteiger partial charge is 0.319 e. The Kier molecular flexibility index (Phi) is 5.52. The third-order valence-corrected chi connectivity index (χ3v) is 3.36. The van der Waals surface area contributed by atoms with Crippen molar-refractivity contribution in [2.24, 2.45) is 0 Å². The van der Waals surface area contributed by atoms with Gasteiger partial charge in [-0.05, 0) is 24.4 Å². The van der Waals surface area contributed by atoms with Gasteiger partial charge in [-0.15, -0.1) is 0 Å². The van der Waals surface area contributed by atoms with Crippen molar-refractivity contribution in [1.82, 2.24) is 9.69 Å². The molecule has 0 radical (unpaired) electrons. The lowest BCUT2D eigenvalue weighted by Crippen LogP contribution is -2.29. The predicted octanol–water partition coefficient (Wildman–Crippen LogP) is 2.70. The van der Waals surface area contributed by atoms with Crippen LogP contribution in [0, 0.1) is 0 Å². The number of rotatable bonds is 6. The molecule has 2 aromatic rings. The molecule has 1 heterocycles. The average Bonchev–Trinajstić information content (AvgIpc) is 2.92. The summed E-state index contributed by atoms with van der Waals surface area (Å²) in [5, 5.41) is 16.0. The number of nitrogens with one attached hydrogen (secondary N) is 2. The molecule has 0 aliphatic carbocycles. The molecule has 20 heavy (non-hydrogen) atoms. The zero-order chi connectivity index (χ0) is 14.2. The minimum atomic E-state index is -0.250. The Bertz CT molecular complexity index is 542. The minimum absolute atomic E-state index is 0.149. The maximum Gasteiger partial charge on any atom is 0.319 e. The number of aromatic nitrogens is 1. The average molecular weight is 291 g/mol. The number of hydrogen-bond donors (Lipinski definition) is 3. The third-order valence-electron chi connectivity index (χ3n) is 2.74. The summed E-state index contributed by atoms with van der Waals surface area (Å²) in [6.07, 6.45) is 1.45. The van der Waals surface area contributed by atoms with Crippen molar-refractivity contribution in [3.63, 3.8) is 0 Å². The van der Waals surface area contributed by atoms with Crippen molar-refractivity contribution in [2.75, 3.05) is 18.5 Å². The van der Waals surface area contributed by atoms with E-state index in [1.807, 2.05) is 35.7 Å². The van der Waals surface area contributed by atoms with Gasteiger partial charge in [0, 0.05) is 24.1 Å². The molecule has 2 rings (SSSR count). The summed E-state index contributed by atoms with van der Waals surface area (Å²) < 4.78 is 4.32. The molecule has 2 amide bonds. The Morgan fingerprint density at radius 3 is 2.80 bits per heavy atom. The van der Waals surface area contributed by atoms with Gasteiger partial charge in [0.2, 0.25) is 0 Å². The largest absolute Gasteiger partial charge is 0.396 e. The van der Waals surface area contributed by atoms with Crippen LogP contribution in [0.15, 0.2) is 35.7 Å². The van der Waals surface area contributed by atoms with Gasteiger partial charge in [0.15, 0.2) is 0 Å². The van der Waals surface area contributed by atoms with E-state index >= 15 is 0 Å². The zero-order valence-corrected chi connectivity index (χ0v) is 11.8. The Hall–Kier alpha value is -1.92. The molecule has 0 atom stereocenters. The monoisotopic (exact) mass is 291 g/mol. The second-order valence-corrected chi connectivity index (χ2v) is 4.88. The summed E-state index contributed by atoms with van der Waals surface area (Å²) in [4.78, 5) is 11.7. The standard InChI is InChI=1S/C14H17N3O2S/c18-9-5-4-8-15-14(19)16-12-10-20-17-13(12)11-6-2-1-3-7-11/h1-3,6-7,10,18H,4-5,8-9H2,(H2,15,16,19). The number of carbonyl (C=O) groups excluding carboxylic acids is 1. The first-order valence-electron chi connectivity index (χ1n) is 6.47. The first-order chi connectivity index (χ1) is 9.81. The lowest BCUT2D eigenvalue weighted by Gasteiger charge is -2.07. The van der Waals surface area contributed by atoms with Gasteiger partial charge in [-0.2, -0.15) is 4.37 Å². The number of aliphatic hydroxyl groups excluding tert-OH is 1. The van der Waals surface area contributed by atoms with E-state index in [1.165, 1.54) is 11.5 Å². The van der Waals surface area contributed by atoms with E-state index in [0.29, 0.717) is 18.7 Å². The van der Waals surface area contributed by atoms with Gasteiger partial charge in [-0.1, -0.05) is 30.3 Å². The molecule has 0 unspecified atom stereocenters. The van der Waals surface area contributed by atoms with Gasteiger partial charge >= 0.3 is 6.03 Å². The summed E-state index contributed by atoms with van der Waals surface area (Å²) in [5.74, 6) is 0. The van der Waals surface area contributed by atoms with Crippen LogP contribution in [0.2, 0.25) is 0 Å². The maximum absolute atomic E-state index is 11.7. The molecular formula is C14H17N3O2S. The number of carbonyl (C=O) groups is 1. The number of urea groups is 1. The molecule has 6 heteroatoms. The van der Waals surface area contributed by atoms with Crippen LogP contribution in [-0.4, -0.2) is 28.7 Å². The highest BCUT2D eigenvalue weighted by Crippen LogP contribution is 2.28.